The average Bonchev–Trinajstić information content (AvgIpc) is 1.87. The average molecular weight is 156 g/mol. The van der Waals surface area contributed by atoms with Crippen molar-refractivity contribution in [3.8, 4) is 0 Å². The molecule has 0 amide bonds. The van der Waals surface area contributed by atoms with Gasteiger partial charge in [-0.1, -0.05) is 26.0 Å². The molecule has 0 heterocycles. The Morgan fingerprint density at radius 2 is 1.91 bits per heavy atom. The summed E-state index contributed by atoms with van der Waals surface area (Å²) < 4.78 is 0. The molecule has 0 aliphatic carbocycles. The highest BCUT2D eigenvalue weighted by Crippen LogP contribution is 2.20. The van der Waals surface area contributed by atoms with Crippen LogP contribution in [-0.2, 0) is 0 Å². The standard InChI is InChI=1S/C10H20O/c1-5-7-8-9(6-2)10(3,4)11/h7-9,11H,5-6H2,1-4H3. The van der Waals surface area contributed by atoms with Crippen molar-refractivity contribution < 1.29 is 5.11 Å². The molecule has 0 aromatic carbocycles. The quantitative estimate of drug-likeness (QED) is 0.620. The van der Waals surface area contributed by atoms with E-state index in [0.717, 1.165) is 12.8 Å². The molecule has 0 aromatic rings. The van der Waals surface area contributed by atoms with E-state index < -0.39 is 5.60 Å². The van der Waals surface area contributed by atoms with Gasteiger partial charge in [0.15, 0.2) is 0 Å². The molecule has 0 radical (unpaired) electrons. The van der Waals surface area contributed by atoms with Crippen LogP contribution in [0.5, 0.6) is 0 Å². The summed E-state index contributed by atoms with van der Waals surface area (Å²) in [7, 11) is 0. The summed E-state index contributed by atoms with van der Waals surface area (Å²) in [6.45, 7) is 7.93. The van der Waals surface area contributed by atoms with E-state index in [2.05, 4.69) is 26.0 Å². The van der Waals surface area contributed by atoms with Gasteiger partial charge in [-0.3, -0.25) is 0 Å². The predicted octanol–water partition coefficient (Wildman–Crippen LogP) is 2.75. The minimum atomic E-state index is -0.569. The van der Waals surface area contributed by atoms with Gasteiger partial charge >= 0.3 is 0 Å². The zero-order valence-electron chi connectivity index (χ0n) is 8.09. The summed E-state index contributed by atoms with van der Waals surface area (Å²) >= 11 is 0. The molecular formula is C10H20O. The zero-order valence-corrected chi connectivity index (χ0v) is 8.09. The van der Waals surface area contributed by atoms with Crippen LogP contribution in [0.25, 0.3) is 0 Å². The van der Waals surface area contributed by atoms with Gasteiger partial charge in [0.25, 0.3) is 0 Å². The Hall–Kier alpha value is -0.300. The third-order valence-corrected chi connectivity index (χ3v) is 1.95. The molecule has 1 atom stereocenters. The summed E-state index contributed by atoms with van der Waals surface area (Å²) in [4.78, 5) is 0. The largest absolute Gasteiger partial charge is 0.390 e. The lowest BCUT2D eigenvalue weighted by Crippen LogP contribution is -2.28. The second kappa shape index (κ2) is 4.55. The Balaban J connectivity index is 4.06. The van der Waals surface area contributed by atoms with Crippen molar-refractivity contribution in [2.24, 2.45) is 5.92 Å². The number of rotatable bonds is 4. The summed E-state index contributed by atoms with van der Waals surface area (Å²) in [5, 5.41) is 9.65. The highest BCUT2D eigenvalue weighted by Gasteiger charge is 2.21. The number of hydrogen-bond acceptors (Lipinski definition) is 1. The van der Waals surface area contributed by atoms with Gasteiger partial charge in [0, 0.05) is 5.92 Å². The topological polar surface area (TPSA) is 20.2 Å². The third-order valence-electron chi connectivity index (χ3n) is 1.95. The molecule has 0 saturated heterocycles. The van der Waals surface area contributed by atoms with Crippen LogP contribution >= 0.6 is 0 Å². The lowest BCUT2D eigenvalue weighted by molar-refractivity contribution is 0.0355. The maximum absolute atomic E-state index is 9.65. The molecule has 1 heteroatoms. The molecule has 1 nitrogen and oxygen atoms in total. The fourth-order valence-corrected chi connectivity index (χ4v) is 1.17. The van der Waals surface area contributed by atoms with E-state index in [1.165, 1.54) is 0 Å². The number of aliphatic hydroxyl groups is 1. The van der Waals surface area contributed by atoms with Crippen molar-refractivity contribution in [2.45, 2.75) is 46.1 Å². The Kier molecular flexibility index (Phi) is 4.43. The van der Waals surface area contributed by atoms with Crippen molar-refractivity contribution in [3.63, 3.8) is 0 Å². The molecule has 1 unspecified atom stereocenters. The van der Waals surface area contributed by atoms with Gasteiger partial charge in [0.2, 0.25) is 0 Å². The molecule has 0 aliphatic rings. The Bertz CT molecular complexity index is 119. The van der Waals surface area contributed by atoms with Crippen LogP contribution in [0, 0.1) is 5.92 Å². The summed E-state index contributed by atoms with van der Waals surface area (Å²) in [6, 6.07) is 0. The minimum absolute atomic E-state index is 0.294. The lowest BCUT2D eigenvalue weighted by atomic mass is 9.88. The Morgan fingerprint density at radius 3 is 2.18 bits per heavy atom. The van der Waals surface area contributed by atoms with E-state index in [1.54, 1.807) is 0 Å². The molecule has 66 valence electrons. The van der Waals surface area contributed by atoms with E-state index in [0.29, 0.717) is 5.92 Å². The molecule has 1 N–H and O–H groups in total. The van der Waals surface area contributed by atoms with Crippen LogP contribution < -0.4 is 0 Å². The normalized spacial score (nSPS) is 15.7. The zero-order chi connectivity index (χ0) is 8.91. The molecule has 0 rings (SSSR count). The molecule has 0 aromatic heterocycles. The molecule has 0 fully saturated rings. The first kappa shape index (κ1) is 10.7. The van der Waals surface area contributed by atoms with Crippen LogP contribution in [-0.4, -0.2) is 10.7 Å². The predicted molar refractivity (Wildman–Crippen MR) is 49.5 cm³/mol. The van der Waals surface area contributed by atoms with Crippen molar-refractivity contribution in [1.82, 2.24) is 0 Å². The first-order valence-corrected chi connectivity index (χ1v) is 4.41. The van der Waals surface area contributed by atoms with E-state index in [-0.39, 0.29) is 0 Å². The smallest absolute Gasteiger partial charge is 0.0653 e. The van der Waals surface area contributed by atoms with E-state index in [9.17, 15) is 5.11 Å². The minimum Gasteiger partial charge on any atom is -0.390 e. The maximum Gasteiger partial charge on any atom is 0.0653 e. The van der Waals surface area contributed by atoms with Crippen LogP contribution in [0.1, 0.15) is 40.5 Å². The van der Waals surface area contributed by atoms with Crippen LogP contribution in [0.4, 0.5) is 0 Å². The van der Waals surface area contributed by atoms with Gasteiger partial charge in [0.1, 0.15) is 0 Å². The Labute approximate surface area is 70.1 Å². The SMILES string of the molecule is CCC=CC(CC)C(C)(C)O. The summed E-state index contributed by atoms with van der Waals surface area (Å²) in [5.41, 5.74) is -0.569. The monoisotopic (exact) mass is 156 g/mol. The van der Waals surface area contributed by atoms with E-state index >= 15 is 0 Å². The van der Waals surface area contributed by atoms with Crippen LogP contribution in [0.15, 0.2) is 12.2 Å². The van der Waals surface area contributed by atoms with E-state index in [4.69, 9.17) is 0 Å². The van der Waals surface area contributed by atoms with Crippen LogP contribution in [0.2, 0.25) is 0 Å². The van der Waals surface area contributed by atoms with Gasteiger partial charge < -0.3 is 5.11 Å². The second-order valence-electron chi connectivity index (χ2n) is 3.50. The molecule has 0 aliphatic heterocycles. The van der Waals surface area contributed by atoms with Crippen molar-refractivity contribution in [2.75, 3.05) is 0 Å². The van der Waals surface area contributed by atoms with Gasteiger partial charge in [-0.15, -0.1) is 0 Å². The fraction of sp³-hybridized carbons (Fsp3) is 0.800. The lowest BCUT2D eigenvalue weighted by Gasteiger charge is -2.25. The summed E-state index contributed by atoms with van der Waals surface area (Å²) in [6.07, 6.45) is 6.28. The van der Waals surface area contributed by atoms with Gasteiger partial charge in [0.05, 0.1) is 5.60 Å². The highest BCUT2D eigenvalue weighted by atomic mass is 16.3. The first-order chi connectivity index (χ1) is 5.02. The number of hydrogen-bond donors (Lipinski definition) is 1. The third kappa shape index (κ3) is 4.20. The van der Waals surface area contributed by atoms with Crippen molar-refractivity contribution >= 4 is 0 Å². The molecular weight excluding hydrogens is 136 g/mol. The van der Waals surface area contributed by atoms with Crippen molar-refractivity contribution in [3.05, 3.63) is 12.2 Å². The maximum atomic E-state index is 9.65. The number of allylic oxidation sites excluding steroid dienone is 1. The van der Waals surface area contributed by atoms with E-state index in [1.807, 2.05) is 13.8 Å². The van der Waals surface area contributed by atoms with Gasteiger partial charge in [-0.05, 0) is 26.7 Å². The first-order valence-electron chi connectivity index (χ1n) is 4.41. The second-order valence-corrected chi connectivity index (χ2v) is 3.50. The summed E-state index contributed by atoms with van der Waals surface area (Å²) in [5.74, 6) is 0.294. The van der Waals surface area contributed by atoms with Crippen LogP contribution in [0.3, 0.4) is 0 Å². The fourth-order valence-electron chi connectivity index (χ4n) is 1.17. The molecule has 0 saturated carbocycles. The Morgan fingerprint density at radius 1 is 1.36 bits per heavy atom. The molecule has 0 bridgehead atoms. The van der Waals surface area contributed by atoms with Gasteiger partial charge in [-0.25, -0.2) is 0 Å². The molecule has 0 spiro atoms. The van der Waals surface area contributed by atoms with Gasteiger partial charge in [-0.2, -0.15) is 0 Å². The van der Waals surface area contributed by atoms with Crippen molar-refractivity contribution in [1.29, 1.82) is 0 Å². The molecule has 11 heavy (non-hydrogen) atoms. The highest BCUT2D eigenvalue weighted by molar-refractivity contribution is 4.94.